The fraction of sp³-hybridized carbons (Fsp3) is 0.412. The minimum absolute atomic E-state index is 0.188. The van der Waals surface area contributed by atoms with Crippen molar-refractivity contribution in [1.82, 2.24) is 5.32 Å². The van der Waals surface area contributed by atoms with Crippen molar-refractivity contribution in [2.75, 3.05) is 19.5 Å². The molecule has 1 aliphatic heterocycles. The van der Waals surface area contributed by atoms with E-state index in [-0.39, 0.29) is 11.4 Å². The molecule has 0 saturated heterocycles. The van der Waals surface area contributed by atoms with Crippen molar-refractivity contribution in [3.05, 3.63) is 35.1 Å². The molecule has 140 valence electrons. The van der Waals surface area contributed by atoms with Crippen LogP contribution in [0.5, 0.6) is 0 Å². The Bertz CT molecular complexity index is 943. The summed E-state index contributed by atoms with van der Waals surface area (Å²) in [6, 6.07) is 3.68. The number of nitrogens with zero attached hydrogens (tertiary/aromatic N) is 2. The van der Waals surface area contributed by atoms with E-state index in [2.05, 4.69) is 20.6 Å². The molecule has 0 saturated carbocycles. The molecule has 0 fully saturated rings. The molecule has 6 nitrogen and oxygen atoms in total. The third kappa shape index (κ3) is 3.05. The second-order valence-corrected chi connectivity index (χ2v) is 9.33. The smallest absolute Gasteiger partial charge is 0.410 e. The summed E-state index contributed by atoms with van der Waals surface area (Å²) < 4.78 is 44.7. The van der Waals surface area contributed by atoms with Crippen molar-refractivity contribution in [1.29, 1.82) is 0 Å². The fourth-order valence-electron chi connectivity index (χ4n) is 2.86. The van der Waals surface area contributed by atoms with Gasteiger partial charge in [-0.15, -0.1) is 6.42 Å². The van der Waals surface area contributed by atoms with Gasteiger partial charge in [0.15, 0.2) is 0 Å². The lowest BCUT2D eigenvalue weighted by atomic mass is 9.91. The summed E-state index contributed by atoms with van der Waals surface area (Å²) in [5, 5.41) is 11.1. The summed E-state index contributed by atoms with van der Waals surface area (Å²) in [4.78, 5) is 15.3. The van der Waals surface area contributed by atoms with Gasteiger partial charge in [-0.2, -0.15) is 0 Å². The van der Waals surface area contributed by atoms with Gasteiger partial charge in [-0.05, 0) is 32.0 Å². The molecule has 0 bridgehead atoms. The molecule has 2 N–H and O–H groups in total. The molecule has 0 radical (unpaired) electrons. The molecule has 2 rings (SSSR count). The lowest BCUT2D eigenvalue weighted by Crippen LogP contribution is -2.58. The van der Waals surface area contributed by atoms with E-state index in [1.54, 1.807) is 0 Å². The average Bonchev–Trinajstić information content (AvgIpc) is 2.59. The van der Waals surface area contributed by atoms with Crippen molar-refractivity contribution in [2.24, 2.45) is 9.36 Å². The minimum atomic E-state index is -3.20. The number of aliphatic imine (C=N–C) groups is 1. The highest BCUT2D eigenvalue weighted by Crippen LogP contribution is 2.40. The Morgan fingerprint density at radius 3 is 2.69 bits per heavy atom. The molecule has 1 aromatic rings. The van der Waals surface area contributed by atoms with E-state index < -0.39 is 44.4 Å². The number of nitrogens with one attached hydrogen (secondary N) is 1. The van der Waals surface area contributed by atoms with Crippen LogP contribution in [0.25, 0.3) is 0 Å². The van der Waals surface area contributed by atoms with E-state index in [0.717, 1.165) is 6.07 Å². The van der Waals surface area contributed by atoms with Gasteiger partial charge in [0.25, 0.3) is 0 Å². The predicted molar refractivity (Wildman–Crippen MR) is 96.0 cm³/mol. The zero-order chi connectivity index (χ0) is 19.8. The highest BCUT2D eigenvalue weighted by Gasteiger charge is 2.51. The lowest BCUT2D eigenvalue weighted by Gasteiger charge is -2.41. The van der Waals surface area contributed by atoms with E-state index in [0.29, 0.717) is 5.56 Å². The number of alkyl halides is 1. The van der Waals surface area contributed by atoms with Crippen LogP contribution in [0.3, 0.4) is 0 Å². The van der Waals surface area contributed by atoms with E-state index in [4.69, 9.17) is 11.5 Å². The number of benzene rings is 1. The number of amidine groups is 1. The summed E-state index contributed by atoms with van der Waals surface area (Å²) in [5.41, 5.74) is -1.80. The van der Waals surface area contributed by atoms with Gasteiger partial charge < -0.3 is 5.11 Å². The maximum Gasteiger partial charge on any atom is 0.410 e. The van der Waals surface area contributed by atoms with Crippen LogP contribution in [0.4, 0.5) is 13.6 Å². The summed E-state index contributed by atoms with van der Waals surface area (Å²) >= 11 is 0. The van der Waals surface area contributed by atoms with Crippen molar-refractivity contribution < 1.29 is 22.9 Å². The zero-order valence-electron chi connectivity index (χ0n) is 14.5. The lowest BCUT2D eigenvalue weighted by molar-refractivity contribution is 0.199. The van der Waals surface area contributed by atoms with Crippen molar-refractivity contribution in [3.63, 3.8) is 0 Å². The molecule has 2 atom stereocenters. The van der Waals surface area contributed by atoms with Crippen molar-refractivity contribution in [2.45, 2.75) is 24.1 Å². The number of halogens is 2. The van der Waals surface area contributed by atoms with E-state index in [1.165, 1.54) is 33.0 Å². The van der Waals surface area contributed by atoms with Gasteiger partial charge in [0, 0.05) is 18.2 Å². The Balaban J connectivity index is 2.85. The van der Waals surface area contributed by atoms with Crippen LogP contribution >= 0.6 is 0 Å². The molecule has 1 amide bonds. The van der Waals surface area contributed by atoms with Crippen LogP contribution in [0.2, 0.25) is 0 Å². The molecule has 9 heteroatoms. The number of rotatable bonds is 2. The first-order valence-electron chi connectivity index (χ1n) is 7.60. The van der Waals surface area contributed by atoms with Gasteiger partial charge in [-0.3, -0.25) is 10.3 Å². The first-order chi connectivity index (χ1) is 12.0. The quantitative estimate of drug-likeness (QED) is 0.769. The van der Waals surface area contributed by atoms with Gasteiger partial charge in [-0.1, -0.05) is 5.92 Å². The van der Waals surface area contributed by atoms with Gasteiger partial charge in [0.1, 0.15) is 28.6 Å². The summed E-state index contributed by atoms with van der Waals surface area (Å²) in [7, 11) is -1.90. The van der Waals surface area contributed by atoms with Crippen LogP contribution in [0.15, 0.2) is 27.6 Å². The Labute approximate surface area is 150 Å². The number of hydrogen-bond acceptors (Lipinski definition) is 4. The van der Waals surface area contributed by atoms with Gasteiger partial charge in [0.05, 0.1) is 15.5 Å². The zero-order valence-corrected chi connectivity index (χ0v) is 15.4. The van der Waals surface area contributed by atoms with Crippen molar-refractivity contribution in [3.8, 4) is 12.3 Å². The summed E-state index contributed by atoms with van der Waals surface area (Å²) in [6.07, 6.45) is 3.88. The van der Waals surface area contributed by atoms with Gasteiger partial charge >= 0.3 is 6.09 Å². The summed E-state index contributed by atoms with van der Waals surface area (Å²) in [6.45, 7) is 1.78. The van der Waals surface area contributed by atoms with Crippen LogP contribution < -0.4 is 5.32 Å². The van der Waals surface area contributed by atoms with Crippen LogP contribution in [0.1, 0.15) is 25.0 Å². The molecule has 1 unspecified atom stereocenters. The minimum Gasteiger partial charge on any atom is -0.465 e. The second-order valence-electron chi connectivity index (χ2n) is 6.37. The number of carbonyl (C=O) groups is 1. The number of terminal acetylenes is 1. The summed E-state index contributed by atoms with van der Waals surface area (Å²) in [5.74, 6) is 0.900. The standard InChI is InChI=1S/C17H19F2N3O3S/c1-5-11-6-7-13(19)12(8-11)17(9-18)10-26(25,20-4)16(2,3)14(22-17)21-15(23)24/h1,6-8H,9-10H2,2-4H3,(H,21,22)(H,23,24)/t17-,26?/m0/s1. The van der Waals surface area contributed by atoms with Crippen molar-refractivity contribution >= 4 is 21.7 Å². The van der Waals surface area contributed by atoms with Gasteiger partial charge in [-0.25, -0.2) is 22.1 Å². The average molecular weight is 383 g/mol. The monoisotopic (exact) mass is 383 g/mol. The van der Waals surface area contributed by atoms with Crippen LogP contribution in [0, 0.1) is 18.2 Å². The third-order valence-electron chi connectivity index (χ3n) is 4.50. The second kappa shape index (κ2) is 6.68. The van der Waals surface area contributed by atoms with E-state index >= 15 is 0 Å². The van der Waals surface area contributed by atoms with Crippen LogP contribution in [-0.4, -0.2) is 45.5 Å². The van der Waals surface area contributed by atoms with Gasteiger partial charge in [0.2, 0.25) is 0 Å². The molecule has 1 heterocycles. The number of hydrogen-bond donors (Lipinski definition) is 2. The Morgan fingerprint density at radius 2 is 2.19 bits per heavy atom. The predicted octanol–water partition coefficient (Wildman–Crippen LogP) is 2.53. The molecule has 0 spiro atoms. The Kier molecular flexibility index (Phi) is 5.10. The van der Waals surface area contributed by atoms with Crippen LogP contribution in [-0.2, 0) is 15.3 Å². The van der Waals surface area contributed by atoms with E-state index in [1.807, 2.05) is 0 Å². The molecule has 26 heavy (non-hydrogen) atoms. The molecule has 0 aliphatic carbocycles. The normalized spacial score (nSPS) is 27.2. The largest absolute Gasteiger partial charge is 0.465 e. The third-order valence-corrected chi connectivity index (χ3v) is 7.75. The SMILES string of the molecule is C#Cc1ccc(F)c([C@]2(CF)CS(=O)(=NC)C(C)(C)C(NC(=O)O)=N2)c1. The Morgan fingerprint density at radius 1 is 1.54 bits per heavy atom. The molecular formula is C17H19F2N3O3S. The first kappa shape index (κ1) is 19.8. The Hall–Kier alpha value is -2.47. The maximum atomic E-state index is 14.5. The topological polar surface area (TPSA) is 91.1 Å². The van der Waals surface area contributed by atoms with E-state index in [9.17, 15) is 17.8 Å². The molecule has 1 aliphatic rings. The first-order valence-corrected chi connectivity index (χ1v) is 9.29. The molecular weight excluding hydrogens is 364 g/mol. The molecule has 0 aromatic heterocycles. The number of amides is 1. The highest BCUT2D eigenvalue weighted by atomic mass is 32.2. The maximum absolute atomic E-state index is 14.5. The highest BCUT2D eigenvalue weighted by molar-refractivity contribution is 7.95. The number of carboxylic acid groups (broad SMARTS) is 1. The molecule has 1 aromatic carbocycles. The fourth-order valence-corrected chi connectivity index (χ4v) is 5.15.